The highest BCUT2D eigenvalue weighted by molar-refractivity contribution is 9.10. The van der Waals surface area contributed by atoms with E-state index in [9.17, 15) is 14.0 Å². The van der Waals surface area contributed by atoms with Crippen LogP contribution in [0.25, 0.3) is 11.5 Å². The van der Waals surface area contributed by atoms with Crippen LogP contribution in [0.15, 0.2) is 41.1 Å². The van der Waals surface area contributed by atoms with Crippen LogP contribution in [0.2, 0.25) is 0 Å². The highest BCUT2D eigenvalue weighted by atomic mass is 79.9. The Kier molecular flexibility index (Phi) is 7.87. The van der Waals surface area contributed by atoms with Crippen LogP contribution < -0.4 is 10.1 Å². The number of halogens is 2. The predicted molar refractivity (Wildman–Crippen MR) is 118 cm³/mol. The second-order valence-corrected chi connectivity index (χ2v) is 7.68. The molecule has 0 bridgehead atoms. The third kappa shape index (κ3) is 5.47. The number of carbonyl (C=O) groups is 2. The van der Waals surface area contributed by atoms with E-state index in [1.165, 1.54) is 13.2 Å². The van der Waals surface area contributed by atoms with Gasteiger partial charge in [0.05, 0.1) is 18.2 Å². The molecule has 0 saturated carbocycles. The van der Waals surface area contributed by atoms with Gasteiger partial charge in [0.15, 0.2) is 5.82 Å². The smallest absolute Gasteiger partial charge is 0.341 e. The van der Waals surface area contributed by atoms with Crippen molar-refractivity contribution in [3.8, 4) is 17.3 Å². The first-order chi connectivity index (χ1) is 15.4. The molecule has 168 valence electrons. The van der Waals surface area contributed by atoms with E-state index in [1.807, 2.05) is 11.5 Å². The van der Waals surface area contributed by atoms with Gasteiger partial charge in [0.1, 0.15) is 35.0 Å². The number of hydrogen-bond donors (Lipinski definition) is 1. The van der Waals surface area contributed by atoms with Crippen LogP contribution in [-0.4, -0.2) is 45.8 Å². The number of rotatable bonds is 10. The molecule has 0 aliphatic rings. The van der Waals surface area contributed by atoms with Gasteiger partial charge >= 0.3 is 5.97 Å². The molecular weight excluding hydrogens is 485 g/mol. The molecule has 9 nitrogen and oxygen atoms in total. The largest absolute Gasteiger partial charge is 0.493 e. The lowest BCUT2D eigenvalue weighted by Crippen LogP contribution is -2.11. The fourth-order valence-electron chi connectivity index (χ4n) is 3.07. The van der Waals surface area contributed by atoms with Crippen LogP contribution in [0.3, 0.4) is 0 Å². The molecule has 0 aliphatic carbocycles. The molecule has 1 amide bonds. The molecular formula is C21H21BrFN5O4. The van der Waals surface area contributed by atoms with Gasteiger partial charge in [-0.15, -0.1) is 10.2 Å². The number of aromatic nitrogens is 4. The molecule has 0 fully saturated rings. The van der Waals surface area contributed by atoms with Gasteiger partial charge < -0.3 is 19.4 Å². The van der Waals surface area contributed by atoms with Crippen molar-refractivity contribution in [3.05, 3.63) is 52.5 Å². The van der Waals surface area contributed by atoms with Gasteiger partial charge in [-0.1, -0.05) is 6.07 Å². The van der Waals surface area contributed by atoms with Gasteiger partial charge in [0.25, 0.3) is 0 Å². The van der Waals surface area contributed by atoms with Crippen molar-refractivity contribution in [2.24, 2.45) is 0 Å². The minimum absolute atomic E-state index is 0.00909. The maximum Gasteiger partial charge on any atom is 0.341 e. The third-order valence-corrected chi connectivity index (χ3v) is 5.29. The SMILES string of the molecule is COC(=O)c1cc(Br)c(F)cc1OCCCC(C)n1cnnc1-c1cccc(NC=O)n1. The molecule has 2 aromatic heterocycles. The number of pyridine rings is 1. The number of amides is 1. The maximum atomic E-state index is 13.9. The number of hydrogen-bond acceptors (Lipinski definition) is 7. The summed E-state index contributed by atoms with van der Waals surface area (Å²) in [6, 6.07) is 7.72. The Morgan fingerprint density at radius 2 is 2.19 bits per heavy atom. The van der Waals surface area contributed by atoms with Crippen LogP contribution in [-0.2, 0) is 9.53 Å². The molecule has 11 heteroatoms. The molecule has 0 spiro atoms. The Hall–Kier alpha value is -3.34. The van der Waals surface area contributed by atoms with Crippen molar-refractivity contribution in [1.29, 1.82) is 0 Å². The summed E-state index contributed by atoms with van der Waals surface area (Å²) in [6.07, 6.45) is 3.49. The number of benzene rings is 1. The van der Waals surface area contributed by atoms with Gasteiger partial charge in [-0.3, -0.25) is 4.79 Å². The van der Waals surface area contributed by atoms with Gasteiger partial charge in [-0.25, -0.2) is 14.2 Å². The van der Waals surface area contributed by atoms with Crippen molar-refractivity contribution >= 4 is 34.1 Å². The molecule has 0 saturated heterocycles. The van der Waals surface area contributed by atoms with E-state index in [0.29, 0.717) is 36.6 Å². The molecule has 3 aromatic rings. The number of carbonyl (C=O) groups excluding carboxylic acids is 2. The minimum Gasteiger partial charge on any atom is -0.493 e. The molecule has 1 N–H and O–H groups in total. The Morgan fingerprint density at radius 1 is 1.38 bits per heavy atom. The first-order valence-electron chi connectivity index (χ1n) is 9.71. The Labute approximate surface area is 192 Å². The summed E-state index contributed by atoms with van der Waals surface area (Å²) in [5.74, 6) is -0.0398. The zero-order valence-corrected chi connectivity index (χ0v) is 19.0. The number of nitrogens with one attached hydrogen (secondary N) is 1. The van der Waals surface area contributed by atoms with E-state index in [1.54, 1.807) is 24.5 Å². The summed E-state index contributed by atoms with van der Waals surface area (Å²) in [7, 11) is 1.25. The standard InChI is InChI=1S/C21H21BrFN5O4/c1-13(28-11-25-27-20(28)17-6-3-7-19(26-17)24-12-29)5-4-8-32-18-10-16(23)15(22)9-14(18)21(30)31-2/h3,6-7,9-13H,4-5,8H2,1-2H3,(H,24,26,29). The molecule has 0 radical (unpaired) electrons. The van der Waals surface area contributed by atoms with Crippen LogP contribution >= 0.6 is 15.9 Å². The van der Waals surface area contributed by atoms with Crippen LogP contribution in [0, 0.1) is 5.82 Å². The quantitative estimate of drug-likeness (QED) is 0.251. The summed E-state index contributed by atoms with van der Waals surface area (Å²) in [4.78, 5) is 27.0. The average molecular weight is 506 g/mol. The predicted octanol–water partition coefficient (Wildman–Crippen LogP) is 4.02. The lowest BCUT2D eigenvalue weighted by Gasteiger charge is -2.16. The normalized spacial score (nSPS) is 11.6. The number of ether oxygens (including phenoxy) is 2. The average Bonchev–Trinajstić information content (AvgIpc) is 3.28. The van der Waals surface area contributed by atoms with Crippen molar-refractivity contribution in [1.82, 2.24) is 19.7 Å². The first kappa shape index (κ1) is 23.3. The molecule has 3 rings (SSSR count). The molecule has 0 aliphatic heterocycles. The molecule has 2 heterocycles. The first-order valence-corrected chi connectivity index (χ1v) is 10.5. The van der Waals surface area contributed by atoms with Crippen molar-refractivity contribution in [2.75, 3.05) is 19.0 Å². The monoisotopic (exact) mass is 505 g/mol. The van der Waals surface area contributed by atoms with E-state index in [-0.39, 0.29) is 28.4 Å². The van der Waals surface area contributed by atoms with E-state index >= 15 is 0 Å². The Morgan fingerprint density at radius 3 is 2.94 bits per heavy atom. The zero-order chi connectivity index (χ0) is 23.1. The third-order valence-electron chi connectivity index (χ3n) is 4.68. The second-order valence-electron chi connectivity index (χ2n) is 6.83. The molecule has 1 unspecified atom stereocenters. The number of anilines is 1. The van der Waals surface area contributed by atoms with Crippen molar-refractivity contribution < 1.29 is 23.5 Å². The summed E-state index contributed by atoms with van der Waals surface area (Å²) < 4.78 is 26.3. The van der Waals surface area contributed by atoms with Gasteiger partial charge in [-0.2, -0.15) is 0 Å². The Balaban J connectivity index is 1.64. The second kappa shape index (κ2) is 10.8. The van der Waals surface area contributed by atoms with Gasteiger partial charge in [0, 0.05) is 12.1 Å². The summed E-state index contributed by atoms with van der Waals surface area (Å²) in [5.41, 5.74) is 0.718. The van der Waals surface area contributed by atoms with Crippen LogP contribution in [0.5, 0.6) is 5.75 Å². The Bertz CT molecular complexity index is 1110. The van der Waals surface area contributed by atoms with Crippen LogP contribution in [0.1, 0.15) is 36.2 Å². The number of methoxy groups -OCH3 is 1. The zero-order valence-electron chi connectivity index (χ0n) is 17.4. The van der Waals surface area contributed by atoms with Gasteiger partial charge in [-0.05, 0) is 53.9 Å². The fourth-order valence-corrected chi connectivity index (χ4v) is 3.41. The van der Waals surface area contributed by atoms with Crippen molar-refractivity contribution in [3.63, 3.8) is 0 Å². The summed E-state index contributed by atoms with van der Waals surface area (Å²) in [5, 5.41) is 10.6. The topological polar surface area (TPSA) is 108 Å². The molecule has 1 atom stereocenters. The lowest BCUT2D eigenvalue weighted by atomic mass is 10.1. The molecule has 32 heavy (non-hydrogen) atoms. The van der Waals surface area contributed by atoms with Gasteiger partial charge in [0.2, 0.25) is 6.41 Å². The van der Waals surface area contributed by atoms with E-state index < -0.39 is 11.8 Å². The van der Waals surface area contributed by atoms with E-state index in [4.69, 9.17) is 9.47 Å². The number of nitrogens with zero attached hydrogens (tertiary/aromatic N) is 4. The van der Waals surface area contributed by atoms with E-state index in [2.05, 4.69) is 36.4 Å². The maximum absolute atomic E-state index is 13.9. The summed E-state index contributed by atoms with van der Waals surface area (Å²) >= 11 is 3.06. The van der Waals surface area contributed by atoms with Crippen LogP contribution in [0.4, 0.5) is 10.2 Å². The number of esters is 1. The summed E-state index contributed by atoms with van der Waals surface area (Å²) in [6.45, 7) is 2.27. The fraction of sp³-hybridized carbons (Fsp3) is 0.286. The van der Waals surface area contributed by atoms with E-state index in [0.717, 1.165) is 6.07 Å². The lowest BCUT2D eigenvalue weighted by molar-refractivity contribution is -0.105. The minimum atomic E-state index is -0.609. The highest BCUT2D eigenvalue weighted by Gasteiger charge is 2.18. The molecule has 1 aromatic carbocycles. The highest BCUT2D eigenvalue weighted by Crippen LogP contribution is 2.28. The van der Waals surface area contributed by atoms with Crippen molar-refractivity contribution in [2.45, 2.75) is 25.8 Å².